The van der Waals surface area contributed by atoms with Crippen LogP contribution in [0.3, 0.4) is 0 Å². The molecule has 0 amide bonds. The molecule has 0 bridgehead atoms. The minimum Gasteiger partial charge on any atom is -0.342 e. The summed E-state index contributed by atoms with van der Waals surface area (Å²) in [6, 6.07) is 4.59. The summed E-state index contributed by atoms with van der Waals surface area (Å²) in [4.78, 5) is 12.8. The number of hydrogen-bond donors (Lipinski definition) is 1. The minimum absolute atomic E-state index is 0.271. The Morgan fingerprint density at radius 3 is 2.45 bits per heavy atom. The van der Waals surface area contributed by atoms with Gasteiger partial charge in [0.1, 0.15) is 0 Å². The maximum atomic E-state index is 12.8. The summed E-state index contributed by atoms with van der Waals surface area (Å²) in [5.41, 5.74) is 0.962. The molecule has 0 radical (unpaired) electrons. The standard InChI is InChI=1S/C17H26N2O/c20-17(14-6-3-1-2-4-7-14)16-8-5-13-19(16)15-9-11-18-12-10-15/h5,8,13-15,18H,1-4,6-7,9-12H2. The molecule has 1 N–H and O–H groups in total. The van der Waals surface area contributed by atoms with E-state index in [1.165, 1.54) is 25.7 Å². The van der Waals surface area contributed by atoms with Crippen molar-refractivity contribution in [3.63, 3.8) is 0 Å². The van der Waals surface area contributed by atoms with Gasteiger partial charge < -0.3 is 9.88 Å². The van der Waals surface area contributed by atoms with E-state index in [4.69, 9.17) is 0 Å². The first-order valence-corrected chi connectivity index (χ1v) is 8.28. The van der Waals surface area contributed by atoms with E-state index in [0.29, 0.717) is 11.8 Å². The third-order valence-electron chi connectivity index (χ3n) is 4.96. The van der Waals surface area contributed by atoms with Gasteiger partial charge in [-0.15, -0.1) is 0 Å². The van der Waals surface area contributed by atoms with Crippen LogP contribution in [0.4, 0.5) is 0 Å². The number of nitrogens with one attached hydrogen (secondary N) is 1. The minimum atomic E-state index is 0.271. The van der Waals surface area contributed by atoms with Gasteiger partial charge in [0.15, 0.2) is 5.78 Å². The molecule has 2 heterocycles. The third-order valence-corrected chi connectivity index (χ3v) is 4.96. The first-order chi connectivity index (χ1) is 9.86. The molecule has 0 spiro atoms. The van der Waals surface area contributed by atoms with Crippen molar-refractivity contribution in [1.82, 2.24) is 9.88 Å². The second-order valence-corrected chi connectivity index (χ2v) is 6.33. The second-order valence-electron chi connectivity index (χ2n) is 6.33. The molecular weight excluding hydrogens is 248 g/mol. The average Bonchev–Trinajstić information content (AvgIpc) is 2.82. The number of carbonyl (C=O) groups is 1. The van der Waals surface area contributed by atoms with Crippen molar-refractivity contribution < 1.29 is 4.79 Å². The fourth-order valence-electron chi connectivity index (χ4n) is 3.76. The van der Waals surface area contributed by atoms with Crippen LogP contribution in [-0.2, 0) is 0 Å². The van der Waals surface area contributed by atoms with Gasteiger partial charge in [-0.2, -0.15) is 0 Å². The molecule has 2 aliphatic rings. The molecule has 0 unspecified atom stereocenters. The van der Waals surface area contributed by atoms with Gasteiger partial charge in [0, 0.05) is 18.2 Å². The predicted octanol–water partition coefficient (Wildman–Crippen LogP) is 3.57. The maximum absolute atomic E-state index is 12.8. The molecule has 1 aromatic rings. The molecule has 3 rings (SSSR count). The van der Waals surface area contributed by atoms with Gasteiger partial charge in [-0.1, -0.05) is 25.7 Å². The molecule has 1 aromatic heterocycles. The summed E-state index contributed by atoms with van der Waals surface area (Å²) in [7, 11) is 0. The van der Waals surface area contributed by atoms with Gasteiger partial charge in [0.25, 0.3) is 0 Å². The van der Waals surface area contributed by atoms with Crippen LogP contribution in [-0.4, -0.2) is 23.4 Å². The topological polar surface area (TPSA) is 34.0 Å². The van der Waals surface area contributed by atoms with Crippen LogP contribution >= 0.6 is 0 Å². The average molecular weight is 274 g/mol. The van der Waals surface area contributed by atoms with Gasteiger partial charge in [0.05, 0.1) is 5.69 Å². The second kappa shape index (κ2) is 6.57. The van der Waals surface area contributed by atoms with Gasteiger partial charge in [-0.05, 0) is 50.9 Å². The molecule has 1 saturated carbocycles. The van der Waals surface area contributed by atoms with E-state index in [1.807, 2.05) is 12.1 Å². The zero-order valence-electron chi connectivity index (χ0n) is 12.3. The van der Waals surface area contributed by atoms with Crippen molar-refractivity contribution in [2.45, 2.75) is 57.4 Å². The van der Waals surface area contributed by atoms with Crippen molar-refractivity contribution in [3.05, 3.63) is 24.0 Å². The summed E-state index contributed by atoms with van der Waals surface area (Å²) in [5, 5.41) is 3.40. The lowest BCUT2D eigenvalue weighted by Crippen LogP contribution is -2.31. The Labute approximate surface area is 121 Å². The lowest BCUT2D eigenvalue weighted by molar-refractivity contribution is 0.0894. The highest BCUT2D eigenvalue weighted by atomic mass is 16.1. The molecule has 0 atom stereocenters. The number of piperidine rings is 1. The van der Waals surface area contributed by atoms with Gasteiger partial charge in [-0.25, -0.2) is 0 Å². The number of ketones is 1. The predicted molar refractivity (Wildman–Crippen MR) is 81.1 cm³/mol. The van der Waals surface area contributed by atoms with Crippen molar-refractivity contribution in [2.75, 3.05) is 13.1 Å². The normalized spacial score (nSPS) is 22.6. The van der Waals surface area contributed by atoms with Crippen LogP contribution in [0.1, 0.15) is 67.9 Å². The first-order valence-electron chi connectivity index (χ1n) is 8.28. The summed E-state index contributed by atoms with van der Waals surface area (Å²) in [5.74, 6) is 0.670. The van der Waals surface area contributed by atoms with Crippen LogP contribution in [0.2, 0.25) is 0 Å². The Balaban J connectivity index is 1.75. The first kappa shape index (κ1) is 13.9. The summed E-state index contributed by atoms with van der Waals surface area (Å²) in [6.07, 6.45) is 11.6. The maximum Gasteiger partial charge on any atom is 0.182 e. The molecule has 110 valence electrons. The van der Waals surface area contributed by atoms with Crippen LogP contribution in [0.15, 0.2) is 18.3 Å². The molecule has 3 heteroatoms. The monoisotopic (exact) mass is 274 g/mol. The van der Waals surface area contributed by atoms with E-state index in [2.05, 4.69) is 16.1 Å². The SMILES string of the molecule is O=C(c1cccn1C1CCNCC1)C1CCCCCC1. The van der Waals surface area contributed by atoms with E-state index < -0.39 is 0 Å². The molecule has 1 saturated heterocycles. The Morgan fingerprint density at radius 1 is 1.05 bits per heavy atom. The Kier molecular flexibility index (Phi) is 4.56. The molecular formula is C17H26N2O. The zero-order chi connectivity index (χ0) is 13.8. The van der Waals surface area contributed by atoms with Gasteiger partial charge in [-0.3, -0.25) is 4.79 Å². The van der Waals surface area contributed by atoms with E-state index >= 15 is 0 Å². The smallest absolute Gasteiger partial charge is 0.182 e. The number of hydrogen-bond acceptors (Lipinski definition) is 2. The quantitative estimate of drug-likeness (QED) is 0.675. The Bertz CT molecular complexity index is 438. The lowest BCUT2D eigenvalue weighted by atomic mass is 9.93. The third kappa shape index (κ3) is 2.98. The number of Topliss-reactive ketones (excluding diaryl/α,β-unsaturated/α-hetero) is 1. The molecule has 0 aromatic carbocycles. The van der Waals surface area contributed by atoms with Crippen LogP contribution in [0.25, 0.3) is 0 Å². The summed E-state index contributed by atoms with van der Waals surface area (Å²) < 4.78 is 2.26. The van der Waals surface area contributed by atoms with Crippen molar-refractivity contribution in [3.8, 4) is 0 Å². The van der Waals surface area contributed by atoms with Gasteiger partial charge in [0.2, 0.25) is 0 Å². The highest BCUT2D eigenvalue weighted by molar-refractivity contribution is 5.96. The fraction of sp³-hybridized carbons (Fsp3) is 0.706. The van der Waals surface area contributed by atoms with Crippen LogP contribution in [0, 0.1) is 5.92 Å². The van der Waals surface area contributed by atoms with E-state index in [1.54, 1.807) is 0 Å². The Hall–Kier alpha value is -1.09. The number of nitrogens with zero attached hydrogens (tertiary/aromatic N) is 1. The van der Waals surface area contributed by atoms with E-state index in [-0.39, 0.29) is 5.92 Å². The van der Waals surface area contributed by atoms with Crippen molar-refractivity contribution >= 4 is 5.78 Å². The van der Waals surface area contributed by atoms with Gasteiger partial charge >= 0.3 is 0 Å². The van der Waals surface area contributed by atoms with Crippen LogP contribution < -0.4 is 5.32 Å². The summed E-state index contributed by atoms with van der Waals surface area (Å²) >= 11 is 0. The highest BCUT2D eigenvalue weighted by Crippen LogP contribution is 2.28. The van der Waals surface area contributed by atoms with Crippen molar-refractivity contribution in [2.24, 2.45) is 5.92 Å². The van der Waals surface area contributed by atoms with Crippen molar-refractivity contribution in [1.29, 1.82) is 0 Å². The zero-order valence-corrected chi connectivity index (χ0v) is 12.3. The van der Waals surface area contributed by atoms with Crippen LogP contribution in [0.5, 0.6) is 0 Å². The highest BCUT2D eigenvalue weighted by Gasteiger charge is 2.26. The van der Waals surface area contributed by atoms with E-state index in [0.717, 1.165) is 44.5 Å². The number of carbonyl (C=O) groups excluding carboxylic acids is 1. The molecule has 1 aliphatic heterocycles. The lowest BCUT2D eigenvalue weighted by Gasteiger charge is -2.26. The molecule has 1 aliphatic carbocycles. The largest absolute Gasteiger partial charge is 0.342 e. The fourth-order valence-corrected chi connectivity index (χ4v) is 3.76. The molecule has 3 nitrogen and oxygen atoms in total. The summed E-state index contributed by atoms with van der Waals surface area (Å²) in [6.45, 7) is 2.14. The molecule has 2 fully saturated rings. The molecule has 20 heavy (non-hydrogen) atoms. The number of rotatable bonds is 3. The van der Waals surface area contributed by atoms with E-state index in [9.17, 15) is 4.79 Å². The number of aromatic nitrogens is 1. The Morgan fingerprint density at radius 2 is 1.75 bits per heavy atom.